The second kappa shape index (κ2) is 5.88. The van der Waals surface area contributed by atoms with Crippen molar-refractivity contribution in [1.82, 2.24) is 9.55 Å². The van der Waals surface area contributed by atoms with E-state index in [1.165, 1.54) is 0 Å². The number of thioether (sulfide) groups is 1. The predicted molar refractivity (Wildman–Crippen MR) is 54.1 cm³/mol. The van der Waals surface area contributed by atoms with Gasteiger partial charge in [0.05, 0.1) is 0 Å². The SMILES string of the molecule is O=c1[nH]ccn1CCSCCCO. The van der Waals surface area contributed by atoms with Gasteiger partial charge in [0, 0.05) is 31.3 Å². The fourth-order valence-electron chi connectivity index (χ4n) is 0.957. The van der Waals surface area contributed by atoms with Gasteiger partial charge in [0.25, 0.3) is 0 Å². The summed E-state index contributed by atoms with van der Waals surface area (Å²) in [5, 5.41) is 8.52. The smallest absolute Gasteiger partial charge is 0.325 e. The van der Waals surface area contributed by atoms with Gasteiger partial charge in [-0.25, -0.2) is 4.79 Å². The molecule has 0 bridgehead atoms. The summed E-state index contributed by atoms with van der Waals surface area (Å²) in [6.45, 7) is 0.982. The lowest BCUT2D eigenvalue weighted by atomic mass is 10.5. The third-order valence-electron chi connectivity index (χ3n) is 1.65. The lowest BCUT2D eigenvalue weighted by Crippen LogP contribution is -2.17. The highest BCUT2D eigenvalue weighted by atomic mass is 32.2. The Morgan fingerprint density at radius 3 is 3.00 bits per heavy atom. The lowest BCUT2D eigenvalue weighted by molar-refractivity contribution is 0.296. The lowest BCUT2D eigenvalue weighted by Gasteiger charge is -2.00. The summed E-state index contributed by atoms with van der Waals surface area (Å²) < 4.78 is 1.64. The second-order valence-corrected chi connectivity index (χ2v) is 3.87. The number of imidazole rings is 1. The number of rotatable bonds is 6. The maximum atomic E-state index is 11.0. The molecular formula is C8H14N2O2S. The zero-order chi connectivity index (χ0) is 9.52. The Morgan fingerprint density at radius 2 is 2.38 bits per heavy atom. The van der Waals surface area contributed by atoms with E-state index in [2.05, 4.69) is 4.98 Å². The average Bonchev–Trinajstić information content (AvgIpc) is 2.52. The van der Waals surface area contributed by atoms with Crippen LogP contribution in [0.3, 0.4) is 0 Å². The number of hydrogen-bond acceptors (Lipinski definition) is 3. The molecule has 5 heteroatoms. The van der Waals surface area contributed by atoms with Crippen LogP contribution in [0.15, 0.2) is 17.2 Å². The van der Waals surface area contributed by atoms with E-state index in [9.17, 15) is 4.79 Å². The minimum atomic E-state index is -0.0530. The number of aromatic amines is 1. The molecule has 0 spiro atoms. The van der Waals surface area contributed by atoms with Crippen LogP contribution >= 0.6 is 11.8 Å². The quantitative estimate of drug-likeness (QED) is 0.652. The molecule has 1 aromatic rings. The molecule has 0 amide bonds. The number of hydrogen-bond donors (Lipinski definition) is 2. The molecule has 1 heterocycles. The summed E-state index contributed by atoms with van der Waals surface area (Å²) in [6.07, 6.45) is 4.21. The van der Waals surface area contributed by atoms with Crippen molar-refractivity contribution >= 4 is 11.8 Å². The Hall–Kier alpha value is -0.680. The van der Waals surface area contributed by atoms with Crippen molar-refractivity contribution in [1.29, 1.82) is 0 Å². The Bertz CT molecular complexity index is 282. The van der Waals surface area contributed by atoms with Crippen LogP contribution in [0.25, 0.3) is 0 Å². The molecule has 0 saturated carbocycles. The molecule has 0 unspecified atom stereocenters. The van der Waals surface area contributed by atoms with Crippen molar-refractivity contribution < 1.29 is 5.11 Å². The first-order valence-electron chi connectivity index (χ1n) is 4.27. The molecule has 0 fully saturated rings. The number of nitrogens with one attached hydrogen (secondary N) is 1. The first-order valence-corrected chi connectivity index (χ1v) is 5.42. The number of H-pyrrole nitrogens is 1. The molecule has 0 aliphatic carbocycles. The fraction of sp³-hybridized carbons (Fsp3) is 0.625. The normalized spacial score (nSPS) is 10.5. The molecule has 0 atom stereocenters. The van der Waals surface area contributed by atoms with E-state index in [0.29, 0.717) is 0 Å². The molecule has 0 aromatic carbocycles. The Labute approximate surface area is 81.0 Å². The number of aryl methyl sites for hydroxylation is 1. The molecule has 0 aliphatic rings. The Morgan fingerprint density at radius 1 is 1.54 bits per heavy atom. The van der Waals surface area contributed by atoms with E-state index in [0.717, 1.165) is 24.5 Å². The predicted octanol–water partition coefficient (Wildman–Crippen LogP) is 0.292. The minimum Gasteiger partial charge on any atom is -0.396 e. The molecule has 4 nitrogen and oxygen atoms in total. The summed E-state index contributed by atoms with van der Waals surface area (Å²) in [4.78, 5) is 13.6. The number of aliphatic hydroxyl groups excluding tert-OH is 1. The molecule has 0 aliphatic heterocycles. The van der Waals surface area contributed by atoms with E-state index in [4.69, 9.17) is 5.11 Å². The topological polar surface area (TPSA) is 58.0 Å². The molecule has 2 N–H and O–H groups in total. The molecular weight excluding hydrogens is 188 g/mol. The van der Waals surface area contributed by atoms with Crippen LogP contribution in [0.2, 0.25) is 0 Å². The van der Waals surface area contributed by atoms with E-state index in [1.807, 2.05) is 0 Å². The van der Waals surface area contributed by atoms with E-state index < -0.39 is 0 Å². The average molecular weight is 202 g/mol. The summed E-state index contributed by atoms with van der Waals surface area (Å²) in [7, 11) is 0. The molecule has 1 rings (SSSR count). The van der Waals surface area contributed by atoms with Crippen molar-refractivity contribution in [3.8, 4) is 0 Å². The van der Waals surface area contributed by atoms with Crippen molar-refractivity contribution in [2.24, 2.45) is 0 Å². The highest BCUT2D eigenvalue weighted by Gasteiger charge is 1.94. The maximum absolute atomic E-state index is 11.0. The van der Waals surface area contributed by atoms with Crippen molar-refractivity contribution in [3.05, 3.63) is 22.9 Å². The van der Waals surface area contributed by atoms with Gasteiger partial charge < -0.3 is 10.1 Å². The van der Waals surface area contributed by atoms with Crippen LogP contribution in [0, 0.1) is 0 Å². The van der Waals surface area contributed by atoms with Crippen LogP contribution in [-0.4, -0.2) is 32.8 Å². The van der Waals surface area contributed by atoms with Gasteiger partial charge in [0.2, 0.25) is 0 Å². The van der Waals surface area contributed by atoms with Crippen molar-refractivity contribution in [2.45, 2.75) is 13.0 Å². The van der Waals surface area contributed by atoms with E-state index in [-0.39, 0.29) is 12.3 Å². The zero-order valence-electron chi connectivity index (χ0n) is 7.40. The highest BCUT2D eigenvalue weighted by molar-refractivity contribution is 7.99. The maximum Gasteiger partial charge on any atom is 0.325 e. The zero-order valence-corrected chi connectivity index (χ0v) is 8.22. The summed E-state index contributed by atoms with van der Waals surface area (Å²) in [5.41, 5.74) is -0.0530. The Kier molecular flexibility index (Phi) is 4.70. The first-order chi connectivity index (χ1) is 6.34. The molecule has 0 saturated heterocycles. The summed E-state index contributed by atoms with van der Waals surface area (Å²) >= 11 is 1.75. The monoisotopic (exact) mass is 202 g/mol. The van der Waals surface area contributed by atoms with Gasteiger partial charge in [0.15, 0.2) is 0 Å². The Balaban J connectivity index is 2.13. The van der Waals surface area contributed by atoms with Gasteiger partial charge in [0.1, 0.15) is 0 Å². The third kappa shape index (κ3) is 3.69. The van der Waals surface area contributed by atoms with Crippen molar-refractivity contribution in [3.63, 3.8) is 0 Å². The summed E-state index contributed by atoms with van der Waals surface area (Å²) in [6, 6.07) is 0. The van der Waals surface area contributed by atoms with Crippen molar-refractivity contribution in [2.75, 3.05) is 18.1 Å². The molecule has 1 aromatic heterocycles. The van der Waals surface area contributed by atoms with Crippen LogP contribution in [-0.2, 0) is 6.54 Å². The van der Waals surface area contributed by atoms with Gasteiger partial charge in [-0.1, -0.05) is 0 Å². The third-order valence-corrected chi connectivity index (χ3v) is 2.69. The molecule has 13 heavy (non-hydrogen) atoms. The molecule has 74 valence electrons. The fourth-order valence-corrected chi connectivity index (χ4v) is 1.82. The standard InChI is InChI=1S/C8H14N2O2S/c11-5-1-6-13-7-4-10-3-2-9-8(10)12/h2-3,11H,1,4-7H2,(H,9,12). The number of nitrogens with zero attached hydrogens (tertiary/aromatic N) is 1. The number of aliphatic hydroxyl groups is 1. The van der Waals surface area contributed by atoms with Crippen LogP contribution in [0.4, 0.5) is 0 Å². The molecule has 0 radical (unpaired) electrons. The first kappa shape index (κ1) is 10.4. The summed E-state index contributed by atoms with van der Waals surface area (Å²) in [5.74, 6) is 1.87. The second-order valence-electron chi connectivity index (χ2n) is 2.65. The van der Waals surface area contributed by atoms with Gasteiger partial charge in [-0.05, 0) is 12.2 Å². The van der Waals surface area contributed by atoms with Gasteiger partial charge in [-0.3, -0.25) is 4.57 Å². The van der Waals surface area contributed by atoms with Crippen LogP contribution < -0.4 is 5.69 Å². The highest BCUT2D eigenvalue weighted by Crippen LogP contribution is 2.01. The minimum absolute atomic E-state index is 0.0530. The van der Waals surface area contributed by atoms with Crippen LogP contribution in [0.5, 0.6) is 0 Å². The number of aromatic nitrogens is 2. The van der Waals surface area contributed by atoms with Gasteiger partial charge >= 0.3 is 5.69 Å². The van der Waals surface area contributed by atoms with Gasteiger partial charge in [-0.2, -0.15) is 11.8 Å². The van der Waals surface area contributed by atoms with E-state index >= 15 is 0 Å². The van der Waals surface area contributed by atoms with Crippen LogP contribution in [0.1, 0.15) is 6.42 Å². The van der Waals surface area contributed by atoms with E-state index in [1.54, 1.807) is 28.7 Å². The largest absolute Gasteiger partial charge is 0.396 e. The van der Waals surface area contributed by atoms with Gasteiger partial charge in [-0.15, -0.1) is 0 Å².